The molecule has 0 bridgehead atoms. The summed E-state index contributed by atoms with van der Waals surface area (Å²) in [6.07, 6.45) is 1.82. The van der Waals surface area contributed by atoms with Gasteiger partial charge in [-0.25, -0.2) is 13.6 Å². The summed E-state index contributed by atoms with van der Waals surface area (Å²) in [5.41, 5.74) is 0.799. The molecule has 2 heterocycles. The Kier molecular flexibility index (Phi) is 5.31. The zero-order valence-electron chi connectivity index (χ0n) is 15.2. The first-order valence-corrected chi connectivity index (χ1v) is 8.83. The number of nitrogens with zero attached hydrogens (tertiary/aromatic N) is 2. The van der Waals surface area contributed by atoms with E-state index in [1.54, 1.807) is 4.90 Å². The van der Waals surface area contributed by atoms with Crippen molar-refractivity contribution in [2.45, 2.75) is 13.3 Å². The highest BCUT2D eigenvalue weighted by molar-refractivity contribution is 5.94. The molecule has 0 aliphatic carbocycles. The summed E-state index contributed by atoms with van der Waals surface area (Å²) >= 11 is 0. The second-order valence-corrected chi connectivity index (χ2v) is 6.60. The molecule has 9 heteroatoms. The molecule has 1 fully saturated rings. The Balaban J connectivity index is 2.13. The number of nitrogens with one attached hydrogen (secondary N) is 2. The van der Waals surface area contributed by atoms with Gasteiger partial charge >= 0.3 is 5.97 Å². The zero-order chi connectivity index (χ0) is 19.7. The number of halogens is 2. The van der Waals surface area contributed by atoms with E-state index in [2.05, 4.69) is 10.7 Å². The molecular formula is C18H22F2N4O3. The summed E-state index contributed by atoms with van der Waals surface area (Å²) in [5, 5.41) is 12.1. The van der Waals surface area contributed by atoms with Gasteiger partial charge in [-0.3, -0.25) is 9.47 Å². The zero-order valence-corrected chi connectivity index (χ0v) is 15.2. The fourth-order valence-corrected chi connectivity index (χ4v) is 3.57. The Bertz CT molecular complexity index is 945. The molecule has 1 aromatic heterocycles. The van der Waals surface area contributed by atoms with Crippen LogP contribution in [0.1, 0.15) is 23.7 Å². The van der Waals surface area contributed by atoms with E-state index in [0.717, 1.165) is 36.4 Å². The van der Waals surface area contributed by atoms with Crippen molar-refractivity contribution in [3.05, 3.63) is 39.7 Å². The number of carbonyl (C=O) groups is 1. The molecular weight excluding hydrogens is 358 g/mol. The minimum Gasteiger partial charge on any atom is -0.477 e. The van der Waals surface area contributed by atoms with Crippen molar-refractivity contribution in [1.82, 2.24) is 9.99 Å². The highest BCUT2D eigenvalue weighted by Crippen LogP contribution is 2.33. The molecule has 7 nitrogen and oxygen atoms in total. The third kappa shape index (κ3) is 3.34. The third-order valence-corrected chi connectivity index (χ3v) is 4.91. The summed E-state index contributed by atoms with van der Waals surface area (Å²) < 4.78 is 31.1. The Hall–Kier alpha value is -2.68. The third-order valence-electron chi connectivity index (χ3n) is 4.91. The minimum atomic E-state index is -1.46. The summed E-state index contributed by atoms with van der Waals surface area (Å²) in [5.74, 6) is -2.93. The number of aromatic carboxylic acids is 1. The Morgan fingerprint density at radius 2 is 2.15 bits per heavy atom. The monoisotopic (exact) mass is 380 g/mol. The van der Waals surface area contributed by atoms with Crippen LogP contribution in [0.3, 0.4) is 0 Å². The quantitative estimate of drug-likeness (QED) is 0.706. The predicted octanol–water partition coefficient (Wildman–Crippen LogP) is 1.59. The van der Waals surface area contributed by atoms with Gasteiger partial charge in [0.1, 0.15) is 22.6 Å². The van der Waals surface area contributed by atoms with Gasteiger partial charge in [0.15, 0.2) is 5.82 Å². The van der Waals surface area contributed by atoms with E-state index < -0.39 is 28.6 Å². The van der Waals surface area contributed by atoms with Gasteiger partial charge in [0.25, 0.3) is 0 Å². The van der Waals surface area contributed by atoms with Gasteiger partial charge in [0, 0.05) is 26.3 Å². The van der Waals surface area contributed by atoms with Crippen molar-refractivity contribution >= 4 is 22.6 Å². The maximum absolute atomic E-state index is 15.3. The number of hydrogen-bond acceptors (Lipinski definition) is 5. The first-order chi connectivity index (χ1) is 12.9. The fourth-order valence-electron chi connectivity index (χ4n) is 3.57. The molecule has 1 aromatic carbocycles. The lowest BCUT2D eigenvalue weighted by atomic mass is 10.1. The number of benzene rings is 1. The molecule has 146 valence electrons. The number of anilines is 1. The number of carboxylic acids is 1. The van der Waals surface area contributed by atoms with Crippen LogP contribution < -0.4 is 21.1 Å². The van der Waals surface area contributed by atoms with Gasteiger partial charge in [0.2, 0.25) is 5.43 Å². The van der Waals surface area contributed by atoms with Crippen LogP contribution in [-0.4, -0.2) is 49.0 Å². The SMILES string of the molecule is CCNCC1CCN(c2c(F)cc3c(=O)c(C(=O)O)cn(NC)c3c2F)C1. The lowest BCUT2D eigenvalue weighted by Crippen LogP contribution is -2.28. The van der Waals surface area contributed by atoms with E-state index >= 15 is 4.39 Å². The van der Waals surface area contributed by atoms with Crippen LogP contribution in [0.15, 0.2) is 17.1 Å². The molecule has 1 aliphatic heterocycles. The first-order valence-electron chi connectivity index (χ1n) is 8.83. The van der Waals surface area contributed by atoms with E-state index in [0.29, 0.717) is 13.1 Å². The van der Waals surface area contributed by atoms with Crippen LogP contribution in [0.5, 0.6) is 0 Å². The molecule has 1 unspecified atom stereocenters. The van der Waals surface area contributed by atoms with E-state index in [1.807, 2.05) is 6.92 Å². The van der Waals surface area contributed by atoms with Crippen molar-refractivity contribution in [2.75, 3.05) is 43.6 Å². The fraction of sp³-hybridized carbons (Fsp3) is 0.444. The molecule has 27 heavy (non-hydrogen) atoms. The van der Waals surface area contributed by atoms with Gasteiger partial charge in [0.05, 0.1) is 5.39 Å². The van der Waals surface area contributed by atoms with Gasteiger partial charge in [-0.1, -0.05) is 6.92 Å². The predicted molar refractivity (Wildman–Crippen MR) is 99.2 cm³/mol. The molecule has 1 aliphatic rings. The lowest BCUT2D eigenvalue weighted by Gasteiger charge is -2.22. The van der Waals surface area contributed by atoms with Crippen LogP contribution in [0.25, 0.3) is 10.9 Å². The Morgan fingerprint density at radius 1 is 1.41 bits per heavy atom. The summed E-state index contributed by atoms with van der Waals surface area (Å²) in [7, 11) is 1.46. The average Bonchev–Trinajstić information content (AvgIpc) is 3.09. The van der Waals surface area contributed by atoms with Crippen molar-refractivity contribution in [1.29, 1.82) is 0 Å². The maximum atomic E-state index is 15.3. The van der Waals surface area contributed by atoms with Crippen molar-refractivity contribution in [3.8, 4) is 0 Å². The Labute approximate surface area is 154 Å². The molecule has 0 spiro atoms. The molecule has 0 amide bonds. The summed E-state index contributed by atoms with van der Waals surface area (Å²) in [6.45, 7) is 4.61. The minimum absolute atomic E-state index is 0.168. The molecule has 0 radical (unpaired) electrons. The van der Waals surface area contributed by atoms with E-state index in [4.69, 9.17) is 5.11 Å². The molecule has 0 saturated carbocycles. The highest BCUT2D eigenvalue weighted by Gasteiger charge is 2.29. The van der Waals surface area contributed by atoms with Crippen LogP contribution in [0.4, 0.5) is 14.5 Å². The number of pyridine rings is 1. The molecule has 3 N–H and O–H groups in total. The van der Waals surface area contributed by atoms with Gasteiger partial charge in [-0.05, 0) is 31.5 Å². The van der Waals surface area contributed by atoms with Crippen molar-refractivity contribution in [3.63, 3.8) is 0 Å². The lowest BCUT2D eigenvalue weighted by molar-refractivity contribution is 0.0695. The average molecular weight is 380 g/mol. The van der Waals surface area contributed by atoms with Crippen molar-refractivity contribution < 1.29 is 18.7 Å². The molecule has 1 atom stereocenters. The van der Waals surface area contributed by atoms with Crippen LogP contribution in [0.2, 0.25) is 0 Å². The highest BCUT2D eigenvalue weighted by atomic mass is 19.1. The van der Waals surface area contributed by atoms with Crippen LogP contribution >= 0.6 is 0 Å². The normalized spacial score (nSPS) is 16.9. The number of fused-ring (bicyclic) bond motifs is 1. The molecule has 3 rings (SSSR count). The largest absolute Gasteiger partial charge is 0.477 e. The first kappa shape index (κ1) is 19.1. The van der Waals surface area contributed by atoms with Gasteiger partial charge in [-0.15, -0.1) is 0 Å². The number of hydrogen-bond donors (Lipinski definition) is 3. The molecule has 2 aromatic rings. The molecule has 1 saturated heterocycles. The smallest absolute Gasteiger partial charge is 0.341 e. The van der Waals surface area contributed by atoms with Gasteiger partial charge in [-0.2, -0.15) is 0 Å². The number of aromatic nitrogens is 1. The second-order valence-electron chi connectivity index (χ2n) is 6.60. The summed E-state index contributed by atoms with van der Waals surface area (Å²) in [4.78, 5) is 25.3. The Morgan fingerprint density at radius 3 is 2.78 bits per heavy atom. The topological polar surface area (TPSA) is 86.6 Å². The second kappa shape index (κ2) is 7.51. The standard InChI is InChI=1S/C18H22F2N4O3/c1-3-22-7-10-4-5-23(8-10)16-13(19)6-11-15(14(16)20)24(21-2)9-12(17(11)25)18(26)27/h6,9-10,21-22H,3-5,7-8H2,1-2H3,(H,26,27). The maximum Gasteiger partial charge on any atom is 0.341 e. The number of carboxylic acid groups (broad SMARTS) is 1. The number of rotatable bonds is 6. The van der Waals surface area contributed by atoms with Crippen molar-refractivity contribution in [2.24, 2.45) is 5.92 Å². The van der Waals surface area contributed by atoms with Gasteiger partial charge < -0.3 is 20.7 Å². The summed E-state index contributed by atoms with van der Waals surface area (Å²) in [6, 6.07) is 0.925. The van der Waals surface area contributed by atoms with Crippen LogP contribution in [0, 0.1) is 17.6 Å². The van der Waals surface area contributed by atoms with E-state index in [-0.39, 0.29) is 22.5 Å². The van der Waals surface area contributed by atoms with E-state index in [9.17, 15) is 14.0 Å². The van der Waals surface area contributed by atoms with Crippen LogP contribution in [-0.2, 0) is 0 Å². The van der Waals surface area contributed by atoms with E-state index in [1.165, 1.54) is 7.05 Å².